The first-order valence-corrected chi connectivity index (χ1v) is 5.65. The molecular weight excluding hydrogens is 286 g/mol. The summed E-state index contributed by atoms with van der Waals surface area (Å²) >= 11 is 3.37. The van der Waals surface area contributed by atoms with Crippen LogP contribution in [-0.4, -0.2) is 18.5 Å². The monoisotopic (exact) mass is 295 g/mol. The van der Waals surface area contributed by atoms with E-state index >= 15 is 0 Å². The molecule has 5 heteroatoms. The van der Waals surface area contributed by atoms with Crippen molar-refractivity contribution in [2.45, 2.75) is 0 Å². The summed E-state index contributed by atoms with van der Waals surface area (Å²) in [5.74, 6) is 1.85. The summed E-state index contributed by atoms with van der Waals surface area (Å²) < 4.78 is 11.7. The van der Waals surface area contributed by atoms with E-state index in [1.54, 1.807) is 19.2 Å². The average Bonchev–Trinajstić information content (AvgIpc) is 2.78. The van der Waals surface area contributed by atoms with Crippen molar-refractivity contribution < 1.29 is 14.4 Å². The zero-order valence-corrected chi connectivity index (χ0v) is 10.6. The molecule has 0 spiro atoms. The molecule has 2 aromatic rings. The maximum Gasteiger partial charge on any atom is 0.149 e. The van der Waals surface area contributed by atoms with Gasteiger partial charge in [0.1, 0.15) is 23.5 Å². The summed E-state index contributed by atoms with van der Waals surface area (Å²) in [6.45, 7) is 0. The smallest absolute Gasteiger partial charge is 0.149 e. The van der Waals surface area contributed by atoms with E-state index in [1.165, 1.54) is 6.21 Å². The number of oxime groups is 1. The Morgan fingerprint density at radius 3 is 2.88 bits per heavy atom. The lowest BCUT2D eigenvalue weighted by Crippen LogP contribution is -1.86. The molecular formula is C12H10BrNO3. The minimum absolute atomic E-state index is 0.479. The summed E-state index contributed by atoms with van der Waals surface area (Å²) in [7, 11) is 1.60. The lowest BCUT2D eigenvalue weighted by Gasteiger charge is -2.06. The van der Waals surface area contributed by atoms with Gasteiger partial charge in [0.25, 0.3) is 0 Å². The number of hydrogen-bond acceptors (Lipinski definition) is 4. The molecule has 0 aliphatic heterocycles. The highest BCUT2D eigenvalue weighted by Crippen LogP contribution is 2.33. The Balaban J connectivity index is 2.44. The third-order valence-corrected chi connectivity index (χ3v) is 2.73. The zero-order valence-electron chi connectivity index (χ0n) is 9.05. The molecule has 1 aromatic carbocycles. The second-order valence-electron chi connectivity index (χ2n) is 3.29. The second kappa shape index (κ2) is 5.05. The molecule has 0 radical (unpaired) electrons. The molecule has 88 valence electrons. The van der Waals surface area contributed by atoms with Crippen LogP contribution in [0.25, 0.3) is 11.3 Å². The van der Waals surface area contributed by atoms with Gasteiger partial charge in [0.2, 0.25) is 0 Å². The van der Waals surface area contributed by atoms with E-state index in [0.29, 0.717) is 17.3 Å². The van der Waals surface area contributed by atoms with Crippen LogP contribution in [0.2, 0.25) is 0 Å². The van der Waals surface area contributed by atoms with Crippen molar-refractivity contribution in [1.82, 2.24) is 0 Å². The van der Waals surface area contributed by atoms with Crippen LogP contribution in [0.1, 0.15) is 5.76 Å². The van der Waals surface area contributed by atoms with Crippen LogP contribution in [0.3, 0.4) is 0 Å². The fourth-order valence-electron chi connectivity index (χ4n) is 1.49. The van der Waals surface area contributed by atoms with Crippen LogP contribution in [0.15, 0.2) is 44.4 Å². The van der Waals surface area contributed by atoms with Gasteiger partial charge in [0.15, 0.2) is 0 Å². The van der Waals surface area contributed by atoms with Gasteiger partial charge in [-0.1, -0.05) is 21.1 Å². The third-order valence-electron chi connectivity index (χ3n) is 2.24. The summed E-state index contributed by atoms with van der Waals surface area (Å²) in [6, 6.07) is 9.17. The van der Waals surface area contributed by atoms with E-state index < -0.39 is 0 Å². The molecule has 0 unspecified atom stereocenters. The van der Waals surface area contributed by atoms with Crippen LogP contribution in [0, 0.1) is 0 Å². The summed E-state index contributed by atoms with van der Waals surface area (Å²) in [6.07, 6.45) is 1.23. The molecule has 0 saturated heterocycles. The van der Waals surface area contributed by atoms with E-state index in [2.05, 4.69) is 21.1 Å². The number of furan rings is 1. The first kappa shape index (κ1) is 11.7. The Hall–Kier alpha value is -1.75. The molecule has 1 N–H and O–H groups in total. The first-order chi connectivity index (χ1) is 8.24. The van der Waals surface area contributed by atoms with E-state index in [0.717, 1.165) is 10.0 Å². The number of rotatable bonds is 3. The third kappa shape index (κ3) is 2.50. The number of hydrogen-bond donors (Lipinski definition) is 1. The summed E-state index contributed by atoms with van der Waals surface area (Å²) in [4.78, 5) is 0. The van der Waals surface area contributed by atoms with E-state index in [1.807, 2.05) is 18.2 Å². The van der Waals surface area contributed by atoms with Crippen LogP contribution < -0.4 is 4.74 Å². The number of ether oxygens (including phenoxy) is 1. The van der Waals surface area contributed by atoms with Gasteiger partial charge in [0, 0.05) is 4.47 Å². The van der Waals surface area contributed by atoms with E-state index in [9.17, 15) is 0 Å². The maximum absolute atomic E-state index is 8.42. The van der Waals surface area contributed by atoms with Crippen LogP contribution in [0.4, 0.5) is 0 Å². The Bertz CT molecular complexity index is 548. The molecule has 2 rings (SSSR count). The van der Waals surface area contributed by atoms with Gasteiger partial charge < -0.3 is 14.4 Å². The number of methoxy groups -OCH3 is 1. The Morgan fingerprint density at radius 2 is 2.18 bits per heavy atom. The molecule has 17 heavy (non-hydrogen) atoms. The SMILES string of the molecule is COc1cc(Br)ccc1-c1ccc(/C=N/O)o1. The summed E-state index contributed by atoms with van der Waals surface area (Å²) in [5, 5.41) is 11.3. The van der Waals surface area contributed by atoms with Crippen molar-refractivity contribution in [2.24, 2.45) is 5.16 Å². The quantitative estimate of drug-likeness (QED) is 0.535. The van der Waals surface area contributed by atoms with E-state index in [4.69, 9.17) is 14.4 Å². The van der Waals surface area contributed by atoms with Crippen molar-refractivity contribution in [2.75, 3.05) is 7.11 Å². The number of nitrogens with zero attached hydrogens (tertiary/aromatic N) is 1. The lowest BCUT2D eigenvalue weighted by molar-refractivity contribution is 0.321. The van der Waals surface area contributed by atoms with Crippen molar-refractivity contribution in [3.8, 4) is 17.1 Å². The van der Waals surface area contributed by atoms with Crippen molar-refractivity contribution in [3.05, 3.63) is 40.6 Å². The fourth-order valence-corrected chi connectivity index (χ4v) is 1.83. The molecule has 4 nitrogen and oxygen atoms in total. The molecule has 0 aliphatic rings. The Labute approximate surface area is 107 Å². The Morgan fingerprint density at radius 1 is 1.35 bits per heavy atom. The van der Waals surface area contributed by atoms with Gasteiger partial charge in [-0.3, -0.25) is 0 Å². The number of halogens is 1. The van der Waals surface area contributed by atoms with Gasteiger partial charge in [-0.15, -0.1) is 0 Å². The standard InChI is InChI=1S/C12H10BrNO3/c1-16-12-6-8(13)2-4-10(12)11-5-3-9(17-11)7-14-15/h2-7,15H,1H3/b14-7+. The normalized spacial score (nSPS) is 10.9. The molecule has 0 aliphatic carbocycles. The van der Waals surface area contributed by atoms with Crippen LogP contribution in [0.5, 0.6) is 5.75 Å². The highest BCUT2D eigenvalue weighted by atomic mass is 79.9. The molecule has 0 amide bonds. The molecule has 0 atom stereocenters. The van der Waals surface area contributed by atoms with Gasteiger partial charge in [-0.2, -0.15) is 0 Å². The largest absolute Gasteiger partial charge is 0.496 e. The fraction of sp³-hybridized carbons (Fsp3) is 0.0833. The van der Waals surface area contributed by atoms with Crippen molar-refractivity contribution >= 4 is 22.1 Å². The van der Waals surface area contributed by atoms with Crippen LogP contribution in [-0.2, 0) is 0 Å². The lowest BCUT2D eigenvalue weighted by atomic mass is 10.1. The van der Waals surface area contributed by atoms with E-state index in [-0.39, 0.29) is 0 Å². The predicted octanol–water partition coefficient (Wildman–Crippen LogP) is 3.53. The zero-order chi connectivity index (χ0) is 12.3. The first-order valence-electron chi connectivity index (χ1n) is 4.86. The maximum atomic E-state index is 8.42. The highest BCUT2D eigenvalue weighted by molar-refractivity contribution is 9.10. The van der Waals surface area contributed by atoms with Gasteiger partial charge in [-0.25, -0.2) is 0 Å². The summed E-state index contributed by atoms with van der Waals surface area (Å²) in [5.41, 5.74) is 0.841. The molecule has 1 heterocycles. The van der Waals surface area contributed by atoms with Gasteiger partial charge in [-0.05, 0) is 30.3 Å². The molecule has 0 bridgehead atoms. The molecule has 0 saturated carbocycles. The second-order valence-corrected chi connectivity index (χ2v) is 4.21. The van der Waals surface area contributed by atoms with Crippen molar-refractivity contribution in [3.63, 3.8) is 0 Å². The van der Waals surface area contributed by atoms with Gasteiger partial charge in [0.05, 0.1) is 12.7 Å². The van der Waals surface area contributed by atoms with Gasteiger partial charge >= 0.3 is 0 Å². The minimum Gasteiger partial charge on any atom is -0.496 e. The average molecular weight is 296 g/mol. The molecule has 0 fully saturated rings. The highest BCUT2D eigenvalue weighted by Gasteiger charge is 2.10. The van der Waals surface area contributed by atoms with Crippen molar-refractivity contribution in [1.29, 1.82) is 0 Å². The topological polar surface area (TPSA) is 55.0 Å². The predicted molar refractivity (Wildman–Crippen MR) is 67.8 cm³/mol. The Kier molecular flexibility index (Phi) is 3.49. The number of benzene rings is 1. The van der Waals surface area contributed by atoms with Crippen LogP contribution >= 0.6 is 15.9 Å². The minimum atomic E-state index is 0.479. The molecule has 1 aromatic heterocycles.